The molecule has 2 aliphatic rings. The molecule has 0 bridgehead atoms. The summed E-state index contributed by atoms with van der Waals surface area (Å²) < 4.78 is 0. The minimum Gasteiger partial charge on any atom is -0.354 e. The molecule has 1 aliphatic carbocycles. The molecule has 2 fully saturated rings. The molecule has 2 amide bonds. The Balaban J connectivity index is 1.53. The van der Waals surface area contributed by atoms with Crippen LogP contribution in [0.2, 0.25) is 0 Å². The van der Waals surface area contributed by atoms with Gasteiger partial charge in [0.25, 0.3) is 0 Å². The van der Waals surface area contributed by atoms with Crippen molar-refractivity contribution in [1.82, 2.24) is 10.2 Å². The van der Waals surface area contributed by atoms with Crippen LogP contribution in [-0.2, 0) is 20.4 Å². The molecule has 0 aromatic heterocycles. The minimum atomic E-state index is -0.556. The van der Waals surface area contributed by atoms with E-state index >= 15 is 0 Å². The SMILES string of the molecule is CC(=O)N1CCC(C(=O)NCC2(c3ccccc3)CC2)(c2ccccc2)CC1. The number of carbonyl (C=O) groups excluding carboxylic acids is 2. The topological polar surface area (TPSA) is 49.4 Å². The lowest BCUT2D eigenvalue weighted by atomic mass is 9.71. The number of carbonyl (C=O) groups is 2. The standard InChI is InChI=1S/C24H28N2O2/c1-19(27)26-16-14-24(15-17-26,21-10-6-3-7-11-21)22(28)25-18-23(12-13-23)20-8-4-2-5-9-20/h2-11H,12-18H2,1H3,(H,25,28). The smallest absolute Gasteiger partial charge is 0.230 e. The van der Waals surface area contributed by atoms with E-state index in [1.165, 1.54) is 5.56 Å². The van der Waals surface area contributed by atoms with Crippen molar-refractivity contribution in [3.8, 4) is 0 Å². The van der Waals surface area contributed by atoms with E-state index in [4.69, 9.17) is 0 Å². The molecular weight excluding hydrogens is 348 g/mol. The van der Waals surface area contributed by atoms with E-state index in [2.05, 4.69) is 29.6 Å². The molecule has 0 atom stereocenters. The van der Waals surface area contributed by atoms with E-state index in [0.29, 0.717) is 32.5 Å². The normalized spacial score (nSPS) is 19.7. The van der Waals surface area contributed by atoms with Crippen molar-refractivity contribution in [2.24, 2.45) is 0 Å². The molecule has 1 N–H and O–H groups in total. The van der Waals surface area contributed by atoms with Gasteiger partial charge in [-0.1, -0.05) is 60.7 Å². The Kier molecular flexibility index (Phi) is 4.96. The molecule has 0 spiro atoms. The second kappa shape index (κ2) is 7.42. The number of amides is 2. The monoisotopic (exact) mass is 376 g/mol. The zero-order valence-corrected chi connectivity index (χ0v) is 16.5. The molecule has 1 saturated heterocycles. The molecule has 4 heteroatoms. The van der Waals surface area contributed by atoms with Crippen molar-refractivity contribution < 1.29 is 9.59 Å². The lowest BCUT2D eigenvalue weighted by Crippen LogP contribution is -2.53. The molecule has 28 heavy (non-hydrogen) atoms. The van der Waals surface area contributed by atoms with Crippen molar-refractivity contribution >= 4 is 11.8 Å². The van der Waals surface area contributed by atoms with E-state index in [1.54, 1.807) is 6.92 Å². The Bertz CT molecular complexity index is 835. The van der Waals surface area contributed by atoms with Gasteiger partial charge in [-0.25, -0.2) is 0 Å². The summed E-state index contributed by atoms with van der Waals surface area (Å²) in [6.45, 7) is 3.54. The molecule has 2 aromatic carbocycles. The van der Waals surface area contributed by atoms with Gasteiger partial charge in [0.05, 0.1) is 5.41 Å². The van der Waals surface area contributed by atoms with Gasteiger partial charge in [-0.3, -0.25) is 9.59 Å². The summed E-state index contributed by atoms with van der Waals surface area (Å²) in [5.74, 6) is 0.187. The summed E-state index contributed by atoms with van der Waals surface area (Å²) in [6, 6.07) is 20.6. The van der Waals surface area contributed by atoms with Crippen LogP contribution in [0.1, 0.15) is 43.7 Å². The van der Waals surface area contributed by atoms with E-state index in [-0.39, 0.29) is 17.2 Å². The molecule has 2 aromatic rings. The maximum atomic E-state index is 13.5. The van der Waals surface area contributed by atoms with Gasteiger partial charge in [0, 0.05) is 32.0 Å². The number of nitrogens with one attached hydrogen (secondary N) is 1. The van der Waals surface area contributed by atoms with Crippen molar-refractivity contribution in [2.45, 2.75) is 43.4 Å². The number of hydrogen-bond acceptors (Lipinski definition) is 2. The highest BCUT2D eigenvalue weighted by Crippen LogP contribution is 2.47. The van der Waals surface area contributed by atoms with Crippen molar-refractivity contribution in [3.63, 3.8) is 0 Å². The van der Waals surface area contributed by atoms with Crippen LogP contribution in [0.4, 0.5) is 0 Å². The van der Waals surface area contributed by atoms with Gasteiger partial charge in [-0.15, -0.1) is 0 Å². The van der Waals surface area contributed by atoms with Gasteiger partial charge in [0.2, 0.25) is 11.8 Å². The zero-order chi connectivity index (χ0) is 19.6. The van der Waals surface area contributed by atoms with Crippen LogP contribution < -0.4 is 5.32 Å². The highest BCUT2D eigenvalue weighted by Gasteiger charge is 2.47. The van der Waals surface area contributed by atoms with Crippen LogP contribution in [0.15, 0.2) is 60.7 Å². The van der Waals surface area contributed by atoms with E-state index in [9.17, 15) is 9.59 Å². The average Bonchev–Trinajstić information content (AvgIpc) is 3.54. The number of rotatable bonds is 5. The lowest BCUT2D eigenvalue weighted by Gasteiger charge is -2.41. The maximum absolute atomic E-state index is 13.5. The summed E-state index contributed by atoms with van der Waals surface area (Å²) in [4.78, 5) is 27.1. The molecule has 4 rings (SSSR count). The molecule has 1 heterocycles. The molecule has 1 saturated carbocycles. The van der Waals surface area contributed by atoms with Crippen LogP contribution >= 0.6 is 0 Å². The fourth-order valence-electron chi connectivity index (χ4n) is 4.54. The predicted octanol–water partition coefficient (Wildman–Crippen LogP) is 3.41. The first-order chi connectivity index (χ1) is 13.6. The fourth-order valence-corrected chi connectivity index (χ4v) is 4.54. The molecule has 0 radical (unpaired) electrons. The Morgan fingerprint density at radius 3 is 1.89 bits per heavy atom. The maximum Gasteiger partial charge on any atom is 0.230 e. The van der Waals surface area contributed by atoms with E-state index < -0.39 is 5.41 Å². The number of hydrogen-bond donors (Lipinski definition) is 1. The van der Waals surface area contributed by atoms with Crippen LogP contribution in [-0.4, -0.2) is 36.3 Å². The third-order valence-electron chi connectivity index (χ3n) is 6.65. The van der Waals surface area contributed by atoms with Crippen LogP contribution in [0.25, 0.3) is 0 Å². The number of likely N-dealkylation sites (tertiary alicyclic amines) is 1. The number of piperidine rings is 1. The summed E-state index contributed by atoms with van der Waals surface area (Å²) >= 11 is 0. The fraction of sp³-hybridized carbons (Fsp3) is 0.417. The minimum absolute atomic E-state index is 0.0862. The Morgan fingerprint density at radius 1 is 0.857 bits per heavy atom. The zero-order valence-electron chi connectivity index (χ0n) is 16.5. The van der Waals surface area contributed by atoms with Crippen LogP contribution in [0, 0.1) is 0 Å². The second-order valence-corrected chi connectivity index (χ2v) is 8.28. The first-order valence-corrected chi connectivity index (χ1v) is 10.2. The van der Waals surface area contributed by atoms with Gasteiger partial charge in [0.15, 0.2) is 0 Å². The summed E-state index contributed by atoms with van der Waals surface area (Å²) in [5, 5.41) is 3.29. The largest absolute Gasteiger partial charge is 0.354 e. The highest BCUT2D eigenvalue weighted by atomic mass is 16.2. The van der Waals surface area contributed by atoms with E-state index in [0.717, 1.165) is 18.4 Å². The number of nitrogens with zero attached hydrogens (tertiary/aromatic N) is 1. The lowest BCUT2D eigenvalue weighted by molar-refractivity contribution is -0.135. The molecule has 1 aliphatic heterocycles. The number of benzene rings is 2. The second-order valence-electron chi connectivity index (χ2n) is 8.28. The summed E-state index contributed by atoms with van der Waals surface area (Å²) in [7, 11) is 0. The predicted molar refractivity (Wildman–Crippen MR) is 110 cm³/mol. The van der Waals surface area contributed by atoms with Crippen molar-refractivity contribution in [1.29, 1.82) is 0 Å². The third kappa shape index (κ3) is 3.44. The first kappa shape index (κ1) is 18.7. The average molecular weight is 377 g/mol. The Morgan fingerprint density at radius 2 is 1.39 bits per heavy atom. The third-order valence-corrected chi connectivity index (χ3v) is 6.65. The summed E-state index contributed by atoms with van der Waals surface area (Å²) in [6.07, 6.45) is 3.57. The molecule has 4 nitrogen and oxygen atoms in total. The van der Waals surface area contributed by atoms with Gasteiger partial charge in [0.1, 0.15) is 0 Å². The van der Waals surface area contributed by atoms with Crippen LogP contribution in [0.5, 0.6) is 0 Å². The quantitative estimate of drug-likeness (QED) is 0.869. The van der Waals surface area contributed by atoms with Gasteiger partial charge in [-0.05, 0) is 36.8 Å². The summed E-state index contributed by atoms with van der Waals surface area (Å²) in [5.41, 5.74) is 1.91. The first-order valence-electron chi connectivity index (χ1n) is 10.2. The highest BCUT2D eigenvalue weighted by molar-refractivity contribution is 5.89. The molecule has 0 unspecified atom stereocenters. The van der Waals surface area contributed by atoms with Crippen molar-refractivity contribution in [2.75, 3.05) is 19.6 Å². The Labute approximate surface area is 166 Å². The molecular formula is C24H28N2O2. The molecule has 146 valence electrons. The van der Waals surface area contributed by atoms with Crippen LogP contribution in [0.3, 0.4) is 0 Å². The van der Waals surface area contributed by atoms with Gasteiger partial charge >= 0.3 is 0 Å². The van der Waals surface area contributed by atoms with Gasteiger partial charge in [-0.2, -0.15) is 0 Å². The van der Waals surface area contributed by atoms with E-state index in [1.807, 2.05) is 41.3 Å². The van der Waals surface area contributed by atoms with Crippen molar-refractivity contribution in [3.05, 3.63) is 71.8 Å². The van der Waals surface area contributed by atoms with Gasteiger partial charge < -0.3 is 10.2 Å². The Hall–Kier alpha value is -2.62.